The minimum Gasteiger partial charge on any atom is -0.493 e. The van der Waals surface area contributed by atoms with E-state index >= 15 is 0 Å². The van der Waals surface area contributed by atoms with Gasteiger partial charge >= 0.3 is 11.9 Å². The number of nitriles is 1. The van der Waals surface area contributed by atoms with E-state index in [9.17, 15) is 9.59 Å². The lowest BCUT2D eigenvalue weighted by molar-refractivity contribution is -0.135. The van der Waals surface area contributed by atoms with Crippen molar-refractivity contribution in [2.45, 2.75) is 6.61 Å². The Bertz CT molecular complexity index is 1290. The SMILES string of the molecule is COC(=O)/C(C#N)=C/c1cccc(OC(=O)/C=C/c2ccc(OCc3ccccc3)c(OC)c2)c1. The van der Waals surface area contributed by atoms with E-state index in [0.717, 1.165) is 11.1 Å². The van der Waals surface area contributed by atoms with Crippen molar-refractivity contribution in [3.05, 3.63) is 101 Å². The van der Waals surface area contributed by atoms with Crippen LogP contribution in [0.2, 0.25) is 0 Å². The third kappa shape index (κ3) is 7.34. The van der Waals surface area contributed by atoms with Crippen molar-refractivity contribution in [2.24, 2.45) is 0 Å². The minimum atomic E-state index is -0.746. The maximum atomic E-state index is 12.3. The molecule has 3 aromatic rings. The number of rotatable bonds is 9. The van der Waals surface area contributed by atoms with Crippen LogP contribution in [0.15, 0.2) is 84.4 Å². The molecule has 176 valence electrons. The summed E-state index contributed by atoms with van der Waals surface area (Å²) in [6.07, 6.45) is 4.24. The highest BCUT2D eigenvalue weighted by atomic mass is 16.5. The molecule has 0 saturated heterocycles. The second kappa shape index (κ2) is 12.4. The molecule has 7 heteroatoms. The molecule has 0 radical (unpaired) electrons. The van der Waals surface area contributed by atoms with E-state index in [1.54, 1.807) is 55.7 Å². The second-order valence-electron chi connectivity index (χ2n) is 7.17. The van der Waals surface area contributed by atoms with E-state index in [-0.39, 0.29) is 11.3 Å². The van der Waals surface area contributed by atoms with Crippen LogP contribution in [-0.4, -0.2) is 26.2 Å². The zero-order valence-corrected chi connectivity index (χ0v) is 19.3. The first-order chi connectivity index (χ1) is 17.0. The molecule has 0 fully saturated rings. The topological polar surface area (TPSA) is 94.9 Å². The molecule has 35 heavy (non-hydrogen) atoms. The summed E-state index contributed by atoms with van der Waals surface area (Å²) in [6.45, 7) is 0.405. The Kier molecular flexibility index (Phi) is 8.80. The molecule has 0 spiro atoms. The van der Waals surface area contributed by atoms with Crippen LogP contribution in [0.1, 0.15) is 16.7 Å². The zero-order chi connectivity index (χ0) is 25.0. The molecule has 0 bridgehead atoms. The van der Waals surface area contributed by atoms with Crippen LogP contribution in [-0.2, 0) is 20.9 Å². The lowest BCUT2D eigenvalue weighted by Gasteiger charge is -2.11. The van der Waals surface area contributed by atoms with Crippen molar-refractivity contribution >= 4 is 24.1 Å². The molecule has 0 unspecified atom stereocenters. The van der Waals surface area contributed by atoms with Gasteiger partial charge in [0.25, 0.3) is 0 Å². The van der Waals surface area contributed by atoms with Crippen molar-refractivity contribution in [1.29, 1.82) is 5.26 Å². The first-order valence-corrected chi connectivity index (χ1v) is 10.6. The summed E-state index contributed by atoms with van der Waals surface area (Å²) >= 11 is 0. The van der Waals surface area contributed by atoms with Crippen molar-refractivity contribution < 1.29 is 28.5 Å². The predicted molar refractivity (Wildman–Crippen MR) is 130 cm³/mol. The molecule has 3 aromatic carbocycles. The van der Waals surface area contributed by atoms with E-state index < -0.39 is 11.9 Å². The maximum absolute atomic E-state index is 12.3. The van der Waals surface area contributed by atoms with Gasteiger partial charge in [-0.05, 0) is 53.1 Å². The first-order valence-electron chi connectivity index (χ1n) is 10.6. The molecular weight excluding hydrogens is 446 g/mol. The van der Waals surface area contributed by atoms with Gasteiger partial charge in [-0.25, -0.2) is 9.59 Å². The minimum absolute atomic E-state index is 0.166. The molecule has 7 nitrogen and oxygen atoms in total. The largest absolute Gasteiger partial charge is 0.493 e. The number of nitrogens with zero attached hydrogens (tertiary/aromatic N) is 1. The molecule has 3 rings (SSSR count). The number of methoxy groups -OCH3 is 2. The Hall–Kier alpha value is -4.83. The van der Waals surface area contributed by atoms with Gasteiger partial charge in [-0.15, -0.1) is 0 Å². The van der Waals surface area contributed by atoms with Gasteiger partial charge in [-0.1, -0.05) is 48.5 Å². The summed E-state index contributed by atoms with van der Waals surface area (Å²) < 4.78 is 21.2. The third-order valence-electron chi connectivity index (χ3n) is 4.75. The molecular formula is C28H23NO6. The molecule has 0 aromatic heterocycles. The molecule has 0 aliphatic rings. The van der Waals surface area contributed by atoms with Gasteiger partial charge in [0.05, 0.1) is 14.2 Å². The van der Waals surface area contributed by atoms with Crippen LogP contribution < -0.4 is 14.2 Å². The van der Waals surface area contributed by atoms with Crippen molar-refractivity contribution in [2.75, 3.05) is 14.2 Å². The second-order valence-corrected chi connectivity index (χ2v) is 7.17. The summed E-state index contributed by atoms with van der Waals surface area (Å²) in [5, 5.41) is 9.09. The lowest BCUT2D eigenvalue weighted by atomic mass is 10.1. The van der Waals surface area contributed by atoms with Gasteiger partial charge in [0.2, 0.25) is 0 Å². The molecule has 0 saturated carbocycles. The van der Waals surface area contributed by atoms with Gasteiger partial charge in [0, 0.05) is 6.08 Å². The van der Waals surface area contributed by atoms with E-state index in [2.05, 4.69) is 4.74 Å². The van der Waals surface area contributed by atoms with Crippen molar-refractivity contribution in [1.82, 2.24) is 0 Å². The fourth-order valence-electron chi connectivity index (χ4n) is 3.04. The Morgan fingerprint density at radius 1 is 0.914 bits per heavy atom. The lowest BCUT2D eigenvalue weighted by Crippen LogP contribution is -2.04. The van der Waals surface area contributed by atoms with E-state index in [0.29, 0.717) is 23.7 Å². The summed E-state index contributed by atoms with van der Waals surface area (Å²) in [7, 11) is 2.74. The smallest absolute Gasteiger partial charge is 0.348 e. The number of ether oxygens (including phenoxy) is 4. The highest BCUT2D eigenvalue weighted by Crippen LogP contribution is 2.29. The Morgan fingerprint density at radius 3 is 2.43 bits per heavy atom. The predicted octanol–water partition coefficient (Wildman–Crippen LogP) is 4.97. The number of hydrogen-bond acceptors (Lipinski definition) is 7. The first kappa shape index (κ1) is 24.8. The van der Waals surface area contributed by atoms with Crippen LogP contribution in [0.25, 0.3) is 12.2 Å². The summed E-state index contributed by atoms with van der Waals surface area (Å²) in [6, 6.07) is 23.3. The van der Waals surface area contributed by atoms with Crippen LogP contribution in [0, 0.1) is 11.3 Å². The molecule has 0 heterocycles. The Balaban J connectivity index is 1.65. The number of benzene rings is 3. The van der Waals surface area contributed by atoms with E-state index in [1.807, 2.05) is 30.3 Å². The molecule has 0 aliphatic carbocycles. The summed E-state index contributed by atoms with van der Waals surface area (Å²) in [4.78, 5) is 23.9. The number of carbonyl (C=O) groups excluding carboxylic acids is 2. The number of esters is 2. The monoisotopic (exact) mass is 469 g/mol. The molecule has 0 N–H and O–H groups in total. The fourth-order valence-corrected chi connectivity index (χ4v) is 3.04. The van der Waals surface area contributed by atoms with Gasteiger partial charge < -0.3 is 18.9 Å². The Morgan fingerprint density at radius 2 is 1.71 bits per heavy atom. The molecule has 0 atom stereocenters. The van der Waals surface area contributed by atoms with Gasteiger partial charge in [0.15, 0.2) is 11.5 Å². The van der Waals surface area contributed by atoms with Crippen molar-refractivity contribution in [3.63, 3.8) is 0 Å². The highest BCUT2D eigenvalue weighted by molar-refractivity contribution is 5.97. The van der Waals surface area contributed by atoms with Crippen LogP contribution >= 0.6 is 0 Å². The highest BCUT2D eigenvalue weighted by Gasteiger charge is 2.10. The average Bonchev–Trinajstić information content (AvgIpc) is 2.89. The normalized spacial score (nSPS) is 10.9. The van der Waals surface area contributed by atoms with E-state index in [1.165, 1.54) is 25.3 Å². The van der Waals surface area contributed by atoms with Gasteiger partial charge in [-0.2, -0.15) is 5.26 Å². The maximum Gasteiger partial charge on any atom is 0.348 e. The zero-order valence-electron chi connectivity index (χ0n) is 19.3. The van der Waals surface area contributed by atoms with Crippen LogP contribution in [0.5, 0.6) is 17.2 Å². The average molecular weight is 469 g/mol. The number of carbonyl (C=O) groups is 2. The van der Waals surface area contributed by atoms with Crippen molar-refractivity contribution in [3.8, 4) is 23.3 Å². The molecule has 0 amide bonds. The van der Waals surface area contributed by atoms with Crippen LogP contribution in [0.3, 0.4) is 0 Å². The standard InChI is InChI=1S/C28H23NO6/c1-32-26-17-20(11-13-25(26)34-19-21-7-4-3-5-8-21)12-14-27(30)35-24-10-6-9-22(16-24)15-23(18-29)28(31)33-2/h3-17H,19H2,1-2H3/b14-12+,23-15+. The van der Waals surface area contributed by atoms with Gasteiger partial charge in [-0.3, -0.25) is 0 Å². The Labute approximate surface area is 203 Å². The molecule has 0 aliphatic heterocycles. The fraction of sp³-hybridized carbons (Fsp3) is 0.107. The summed E-state index contributed by atoms with van der Waals surface area (Å²) in [5.41, 5.74) is 2.10. The number of hydrogen-bond donors (Lipinski definition) is 0. The van der Waals surface area contributed by atoms with E-state index in [4.69, 9.17) is 19.5 Å². The quantitative estimate of drug-likeness (QED) is 0.189. The van der Waals surface area contributed by atoms with Crippen LogP contribution in [0.4, 0.5) is 0 Å². The third-order valence-corrected chi connectivity index (χ3v) is 4.75. The van der Waals surface area contributed by atoms with Gasteiger partial charge in [0.1, 0.15) is 24.0 Å². The summed E-state index contributed by atoms with van der Waals surface area (Å²) in [5.74, 6) is 0.0463.